The Hall–Kier alpha value is -2.55. The summed E-state index contributed by atoms with van der Waals surface area (Å²) in [6.45, 7) is 2.07. The number of nitrogens with zero attached hydrogens (tertiary/aromatic N) is 6. The lowest BCUT2D eigenvalue weighted by molar-refractivity contribution is 0.306. The van der Waals surface area contributed by atoms with Gasteiger partial charge in [0.25, 0.3) is 0 Å². The molecular formula is C12H12N6O2S. The molecule has 0 aliphatic rings. The molecule has 0 unspecified atom stereocenters. The maximum absolute atomic E-state index is 11.9. The number of aromatic nitrogens is 6. The van der Waals surface area contributed by atoms with Crippen LogP contribution in [0.4, 0.5) is 0 Å². The molecule has 1 aromatic carbocycles. The van der Waals surface area contributed by atoms with Gasteiger partial charge in [0.05, 0.1) is 1.37 Å². The van der Waals surface area contributed by atoms with E-state index >= 15 is 0 Å². The minimum Gasteiger partial charge on any atom is -0.488 e. The fourth-order valence-electron chi connectivity index (χ4n) is 1.71. The second-order valence-electron chi connectivity index (χ2n) is 4.30. The Balaban J connectivity index is 1.84. The smallest absolute Gasteiger partial charge is 0.369 e. The molecule has 108 valence electrons. The van der Waals surface area contributed by atoms with Gasteiger partial charge in [-0.15, -0.1) is 9.78 Å². The van der Waals surface area contributed by atoms with Crippen LogP contribution in [-0.4, -0.2) is 29.4 Å². The highest BCUT2D eigenvalue weighted by atomic mass is 32.1. The van der Waals surface area contributed by atoms with Crippen molar-refractivity contribution in [2.75, 3.05) is 0 Å². The second-order valence-corrected chi connectivity index (χ2v) is 5.14. The van der Waals surface area contributed by atoms with Crippen molar-refractivity contribution >= 4 is 11.5 Å². The van der Waals surface area contributed by atoms with Crippen molar-refractivity contribution < 1.29 is 6.11 Å². The molecule has 2 aromatic heterocycles. The van der Waals surface area contributed by atoms with Gasteiger partial charge in [-0.1, -0.05) is 22.7 Å². The van der Waals surface area contributed by atoms with Gasteiger partial charge in [0.2, 0.25) is 5.82 Å². The summed E-state index contributed by atoms with van der Waals surface area (Å²) in [4.78, 5) is 12.5. The van der Waals surface area contributed by atoms with Gasteiger partial charge in [-0.3, -0.25) is 0 Å². The molecule has 0 atom stereocenters. The third-order valence-corrected chi connectivity index (χ3v) is 3.52. The van der Waals surface area contributed by atoms with E-state index in [0.717, 1.165) is 26.5 Å². The third kappa shape index (κ3) is 2.55. The van der Waals surface area contributed by atoms with E-state index in [1.807, 2.05) is 6.92 Å². The lowest BCUT2D eigenvalue weighted by Gasteiger charge is -2.07. The fraction of sp³-hybridized carbons (Fsp3) is 0.250. The SMILES string of the molecule is [3H]c1ccc(OCc2snnc2-n2nnn(C)c2=O)c(C)c1. The Morgan fingerprint density at radius 1 is 1.43 bits per heavy atom. The van der Waals surface area contributed by atoms with Crippen molar-refractivity contribution in [2.24, 2.45) is 7.05 Å². The standard InChI is InChI=1S/C12H12N6O2S/c1-8-5-3-4-6-9(8)20-7-10-11(13-16-21-10)18-12(19)17(2)14-15-18/h3-6H,7H2,1-2H3/i3T. The molecule has 0 saturated carbocycles. The van der Waals surface area contributed by atoms with Crippen molar-refractivity contribution in [2.45, 2.75) is 13.5 Å². The molecule has 2 heterocycles. The average Bonchev–Trinajstić information content (AvgIpc) is 3.06. The van der Waals surface area contributed by atoms with Crippen molar-refractivity contribution in [3.8, 4) is 11.6 Å². The van der Waals surface area contributed by atoms with E-state index in [4.69, 9.17) is 6.11 Å². The molecule has 0 aliphatic carbocycles. The number of benzene rings is 1. The Bertz CT molecular complexity index is 871. The Labute approximate surface area is 125 Å². The number of rotatable bonds is 4. The van der Waals surface area contributed by atoms with E-state index in [1.165, 1.54) is 7.05 Å². The van der Waals surface area contributed by atoms with Gasteiger partial charge in [0.15, 0.2) is 0 Å². The van der Waals surface area contributed by atoms with Gasteiger partial charge >= 0.3 is 5.69 Å². The monoisotopic (exact) mass is 306 g/mol. The van der Waals surface area contributed by atoms with Gasteiger partial charge in [-0.05, 0) is 40.5 Å². The average molecular weight is 306 g/mol. The van der Waals surface area contributed by atoms with Crippen LogP contribution in [0.3, 0.4) is 0 Å². The number of ether oxygens (including phenoxy) is 1. The highest BCUT2D eigenvalue weighted by Gasteiger charge is 2.16. The van der Waals surface area contributed by atoms with Crippen LogP contribution in [0.5, 0.6) is 5.75 Å². The lowest BCUT2D eigenvalue weighted by Crippen LogP contribution is -2.23. The van der Waals surface area contributed by atoms with Gasteiger partial charge in [0.1, 0.15) is 17.2 Å². The first-order valence-corrected chi connectivity index (χ1v) is 6.84. The lowest BCUT2D eigenvalue weighted by atomic mass is 10.2. The first-order valence-electron chi connectivity index (χ1n) is 6.57. The summed E-state index contributed by atoms with van der Waals surface area (Å²) in [5, 5.41) is 11.3. The first kappa shape index (κ1) is 12.2. The molecule has 21 heavy (non-hydrogen) atoms. The predicted molar refractivity (Wildman–Crippen MR) is 75.6 cm³/mol. The Morgan fingerprint density at radius 2 is 2.29 bits per heavy atom. The van der Waals surface area contributed by atoms with Crippen LogP contribution < -0.4 is 10.4 Å². The van der Waals surface area contributed by atoms with Gasteiger partial charge in [0, 0.05) is 7.05 Å². The molecule has 0 amide bonds. The van der Waals surface area contributed by atoms with E-state index in [0.29, 0.717) is 22.5 Å². The Morgan fingerprint density at radius 3 is 3.00 bits per heavy atom. The molecule has 0 N–H and O–H groups in total. The summed E-state index contributed by atoms with van der Waals surface area (Å²) in [6.07, 6.45) is 0. The van der Waals surface area contributed by atoms with Crippen LogP contribution in [0, 0.1) is 6.92 Å². The summed E-state index contributed by atoms with van der Waals surface area (Å²) < 4.78 is 19.3. The van der Waals surface area contributed by atoms with Crippen LogP contribution in [0.1, 0.15) is 11.8 Å². The fourth-order valence-corrected chi connectivity index (χ4v) is 2.24. The molecule has 9 heteroatoms. The maximum Gasteiger partial charge on any atom is 0.369 e. The summed E-state index contributed by atoms with van der Waals surface area (Å²) >= 11 is 1.13. The van der Waals surface area contributed by atoms with E-state index in [-0.39, 0.29) is 6.61 Å². The van der Waals surface area contributed by atoms with Gasteiger partial charge in [-0.2, -0.15) is 4.68 Å². The zero-order chi connectivity index (χ0) is 15.7. The maximum atomic E-state index is 11.9. The van der Waals surface area contributed by atoms with Crippen molar-refractivity contribution in [1.29, 1.82) is 0 Å². The number of hydrogen-bond acceptors (Lipinski definition) is 7. The van der Waals surface area contributed by atoms with E-state index < -0.39 is 5.69 Å². The highest BCUT2D eigenvalue weighted by Crippen LogP contribution is 2.20. The van der Waals surface area contributed by atoms with Crippen molar-refractivity contribution in [3.63, 3.8) is 0 Å². The zero-order valence-corrected chi connectivity index (χ0v) is 12.2. The first-order chi connectivity index (χ1) is 10.6. The topological polar surface area (TPSA) is 87.7 Å². The largest absolute Gasteiger partial charge is 0.488 e. The van der Waals surface area contributed by atoms with Gasteiger partial charge < -0.3 is 4.74 Å². The van der Waals surface area contributed by atoms with Crippen LogP contribution in [0.15, 0.2) is 29.0 Å². The van der Waals surface area contributed by atoms with Gasteiger partial charge in [-0.25, -0.2) is 4.79 Å². The molecular weight excluding hydrogens is 292 g/mol. The molecule has 3 aromatic rings. The van der Waals surface area contributed by atoms with Crippen LogP contribution in [-0.2, 0) is 13.7 Å². The number of tetrazole rings is 1. The molecule has 0 aliphatic heterocycles. The quantitative estimate of drug-likeness (QED) is 0.705. The zero-order valence-electron chi connectivity index (χ0n) is 12.3. The predicted octanol–water partition coefficient (Wildman–Crippen LogP) is 0.705. The molecule has 0 fully saturated rings. The van der Waals surface area contributed by atoms with Crippen molar-refractivity contribution in [1.82, 2.24) is 29.4 Å². The molecule has 0 spiro atoms. The Kier molecular flexibility index (Phi) is 3.17. The summed E-state index contributed by atoms with van der Waals surface area (Å²) in [5.74, 6) is 0.986. The third-order valence-electron chi connectivity index (χ3n) is 2.84. The normalized spacial score (nSPS) is 11.4. The molecule has 0 bridgehead atoms. The minimum absolute atomic E-state index is 0.203. The number of aryl methyl sites for hydroxylation is 2. The second kappa shape index (κ2) is 5.44. The molecule has 8 nitrogen and oxygen atoms in total. The highest BCUT2D eigenvalue weighted by molar-refractivity contribution is 7.05. The van der Waals surface area contributed by atoms with Crippen LogP contribution in [0.2, 0.25) is 0 Å². The minimum atomic E-state index is -0.399. The summed E-state index contributed by atoms with van der Waals surface area (Å²) in [7, 11) is 1.51. The molecule has 0 saturated heterocycles. The van der Waals surface area contributed by atoms with Crippen LogP contribution in [0.25, 0.3) is 5.82 Å². The van der Waals surface area contributed by atoms with E-state index in [9.17, 15) is 4.79 Å². The number of para-hydroxylation sites is 1. The van der Waals surface area contributed by atoms with Crippen molar-refractivity contribution in [3.05, 3.63) is 45.2 Å². The van der Waals surface area contributed by atoms with E-state index in [2.05, 4.69) is 20.0 Å². The van der Waals surface area contributed by atoms with Crippen LogP contribution >= 0.6 is 11.5 Å². The number of hydrogen-bond donors (Lipinski definition) is 0. The summed E-state index contributed by atoms with van der Waals surface area (Å²) in [6, 6.07) is 5.53. The molecule has 0 radical (unpaired) electrons. The molecule has 3 rings (SSSR count). The summed E-state index contributed by atoms with van der Waals surface area (Å²) in [5.41, 5.74) is 0.465. The van der Waals surface area contributed by atoms with E-state index in [1.54, 1.807) is 18.2 Å².